The lowest BCUT2D eigenvalue weighted by molar-refractivity contribution is -0.160. The third kappa shape index (κ3) is 3.39. The van der Waals surface area contributed by atoms with Crippen molar-refractivity contribution in [1.82, 2.24) is 9.80 Å². The van der Waals surface area contributed by atoms with E-state index in [4.69, 9.17) is 9.47 Å². The topological polar surface area (TPSA) is 96.4 Å². The first-order chi connectivity index (χ1) is 15.3. The van der Waals surface area contributed by atoms with Crippen molar-refractivity contribution in [3.8, 4) is 0 Å². The molecular weight excluding hydrogens is 412 g/mol. The third-order valence-electron chi connectivity index (χ3n) is 7.36. The van der Waals surface area contributed by atoms with Crippen molar-refractivity contribution in [2.45, 2.75) is 69.7 Å². The molecule has 4 aliphatic heterocycles. The molecule has 8 heteroatoms. The summed E-state index contributed by atoms with van der Waals surface area (Å²) in [5.41, 5.74) is -2.36. The van der Waals surface area contributed by atoms with Crippen LogP contribution in [-0.4, -0.2) is 82.3 Å². The summed E-state index contributed by atoms with van der Waals surface area (Å²) in [6.07, 6.45) is 10.7. The first-order valence-corrected chi connectivity index (χ1v) is 11.7. The molecular formula is C24H34N2O6. The first-order valence-electron chi connectivity index (χ1n) is 11.7. The molecule has 1 N–H and O–H groups in total. The second kappa shape index (κ2) is 8.63. The highest BCUT2D eigenvalue weighted by molar-refractivity contribution is 5.99. The van der Waals surface area contributed by atoms with Crippen molar-refractivity contribution in [2.75, 3.05) is 26.3 Å². The Morgan fingerprint density at radius 2 is 1.97 bits per heavy atom. The van der Waals surface area contributed by atoms with Crippen LogP contribution in [-0.2, 0) is 23.9 Å². The number of likely N-dealkylation sites (tertiary alicyclic amines) is 1. The van der Waals surface area contributed by atoms with Crippen LogP contribution < -0.4 is 0 Å². The SMILES string of the molecule is CCCC(C)N1CC=C[C@]23O[C@]4(C)/C=C\CCCOC(=O)[C@@H]4[C@H]2C(=O)N(CCO)C3C1=O. The number of amides is 2. The number of cyclic esters (lactones) is 1. The van der Waals surface area contributed by atoms with Gasteiger partial charge in [0.1, 0.15) is 17.6 Å². The summed E-state index contributed by atoms with van der Waals surface area (Å²) < 4.78 is 12.2. The Morgan fingerprint density at radius 3 is 2.69 bits per heavy atom. The van der Waals surface area contributed by atoms with Gasteiger partial charge in [-0.3, -0.25) is 14.4 Å². The minimum absolute atomic E-state index is 0.00327. The largest absolute Gasteiger partial charge is 0.465 e. The minimum Gasteiger partial charge on any atom is -0.465 e. The summed E-state index contributed by atoms with van der Waals surface area (Å²) in [6.45, 7) is 6.30. The summed E-state index contributed by atoms with van der Waals surface area (Å²) in [6, 6.07) is -0.935. The van der Waals surface area contributed by atoms with Gasteiger partial charge in [0, 0.05) is 19.1 Å². The fourth-order valence-electron chi connectivity index (χ4n) is 5.97. The van der Waals surface area contributed by atoms with Crippen molar-refractivity contribution in [3.05, 3.63) is 24.3 Å². The van der Waals surface area contributed by atoms with E-state index < -0.39 is 35.0 Å². The molecule has 6 atom stereocenters. The maximum atomic E-state index is 13.9. The lowest BCUT2D eigenvalue weighted by Gasteiger charge is -2.38. The highest BCUT2D eigenvalue weighted by Gasteiger charge is 2.74. The maximum absolute atomic E-state index is 13.9. The fraction of sp³-hybridized carbons (Fsp3) is 0.708. The molecule has 2 saturated heterocycles. The second-order valence-electron chi connectivity index (χ2n) is 9.50. The number of ether oxygens (including phenoxy) is 2. The predicted octanol–water partition coefficient (Wildman–Crippen LogP) is 1.43. The standard InChI is InChI=1S/C24H34N2O6/c1-4-9-16(2)25-12-8-11-24-17(20(28)26(13-14-27)19(24)21(25)29)18-22(30)31-15-7-5-6-10-23(18,3)32-24/h6,8,10-11,16-19,27H,4-5,7,9,12-15H2,1-3H3/b10-6-/t16?,17-,18-,19?,23+,24-/m0/s1. The zero-order chi connectivity index (χ0) is 23.1. The van der Waals surface area contributed by atoms with E-state index in [9.17, 15) is 19.5 Å². The molecule has 4 rings (SSSR count). The van der Waals surface area contributed by atoms with Crippen LogP contribution in [0.25, 0.3) is 0 Å². The van der Waals surface area contributed by atoms with Crippen LogP contribution >= 0.6 is 0 Å². The van der Waals surface area contributed by atoms with E-state index >= 15 is 0 Å². The number of carbonyl (C=O) groups excluding carboxylic acids is 3. The summed E-state index contributed by atoms with van der Waals surface area (Å²) in [5, 5.41) is 9.69. The molecule has 0 saturated carbocycles. The Labute approximate surface area is 189 Å². The number of β-amino-alcohol motifs (C(OH)–C–C–N with tert-alkyl or cyclic N) is 1. The Balaban J connectivity index is 1.84. The number of carbonyl (C=O) groups is 3. The summed E-state index contributed by atoms with van der Waals surface area (Å²) in [7, 11) is 0. The zero-order valence-corrected chi connectivity index (χ0v) is 19.2. The van der Waals surface area contributed by atoms with Gasteiger partial charge in [-0.05, 0) is 33.1 Å². The Kier molecular flexibility index (Phi) is 6.20. The predicted molar refractivity (Wildman–Crippen MR) is 116 cm³/mol. The molecule has 8 nitrogen and oxygen atoms in total. The van der Waals surface area contributed by atoms with Gasteiger partial charge >= 0.3 is 5.97 Å². The van der Waals surface area contributed by atoms with Crippen LogP contribution in [0.5, 0.6) is 0 Å². The molecule has 0 aromatic rings. The third-order valence-corrected chi connectivity index (χ3v) is 7.36. The van der Waals surface area contributed by atoms with Gasteiger partial charge in [0.05, 0.1) is 24.7 Å². The van der Waals surface area contributed by atoms with Crippen molar-refractivity contribution < 1.29 is 29.0 Å². The molecule has 4 aliphatic rings. The summed E-state index contributed by atoms with van der Waals surface area (Å²) in [5.74, 6) is -2.77. The number of rotatable bonds is 5. The minimum atomic E-state index is -1.29. The average Bonchev–Trinajstić information content (AvgIpc) is 3.08. The van der Waals surface area contributed by atoms with Gasteiger partial charge in [0.15, 0.2) is 0 Å². The number of allylic oxidation sites excluding steroid dienone is 1. The van der Waals surface area contributed by atoms with Gasteiger partial charge in [0.25, 0.3) is 0 Å². The molecule has 0 aliphatic carbocycles. The van der Waals surface area contributed by atoms with Crippen molar-refractivity contribution in [2.24, 2.45) is 11.8 Å². The Morgan fingerprint density at radius 1 is 1.19 bits per heavy atom. The fourth-order valence-corrected chi connectivity index (χ4v) is 5.97. The van der Waals surface area contributed by atoms with Gasteiger partial charge in [-0.25, -0.2) is 0 Å². The van der Waals surface area contributed by atoms with Crippen LogP contribution in [0.15, 0.2) is 24.3 Å². The quantitative estimate of drug-likeness (QED) is 0.507. The number of fused-ring (bicyclic) bond motifs is 2. The van der Waals surface area contributed by atoms with E-state index in [1.54, 1.807) is 11.8 Å². The normalized spacial score (nSPS) is 38.8. The molecule has 2 fully saturated rings. The molecule has 0 radical (unpaired) electrons. The number of hydrogen-bond acceptors (Lipinski definition) is 6. The van der Waals surface area contributed by atoms with E-state index in [1.807, 2.05) is 31.2 Å². The number of aliphatic hydroxyl groups excluding tert-OH is 1. The molecule has 1 spiro atoms. The average molecular weight is 447 g/mol. The Hall–Kier alpha value is -2.19. The van der Waals surface area contributed by atoms with Gasteiger partial charge < -0.3 is 24.4 Å². The van der Waals surface area contributed by atoms with Gasteiger partial charge in [-0.1, -0.05) is 37.6 Å². The van der Waals surface area contributed by atoms with E-state index in [1.165, 1.54) is 4.90 Å². The van der Waals surface area contributed by atoms with Crippen LogP contribution in [0.1, 0.15) is 46.5 Å². The zero-order valence-electron chi connectivity index (χ0n) is 19.2. The monoisotopic (exact) mass is 446 g/mol. The number of hydrogen-bond donors (Lipinski definition) is 1. The van der Waals surface area contributed by atoms with E-state index in [-0.39, 0.29) is 37.6 Å². The smallest absolute Gasteiger partial charge is 0.313 e. The number of aliphatic hydroxyl groups is 1. The molecule has 0 bridgehead atoms. The number of nitrogens with zero attached hydrogens (tertiary/aromatic N) is 2. The lowest BCUT2D eigenvalue weighted by atomic mass is 9.74. The summed E-state index contributed by atoms with van der Waals surface area (Å²) >= 11 is 0. The summed E-state index contributed by atoms with van der Waals surface area (Å²) in [4.78, 5) is 44.0. The van der Waals surface area contributed by atoms with E-state index in [0.29, 0.717) is 13.0 Å². The maximum Gasteiger partial charge on any atom is 0.313 e. The molecule has 176 valence electrons. The first kappa shape index (κ1) is 23.0. The van der Waals surface area contributed by atoms with Gasteiger partial charge in [0.2, 0.25) is 11.8 Å². The van der Waals surface area contributed by atoms with Crippen molar-refractivity contribution >= 4 is 17.8 Å². The van der Waals surface area contributed by atoms with Crippen LogP contribution in [0.3, 0.4) is 0 Å². The van der Waals surface area contributed by atoms with Gasteiger partial charge in [-0.2, -0.15) is 0 Å². The van der Waals surface area contributed by atoms with Gasteiger partial charge in [-0.15, -0.1) is 0 Å². The highest BCUT2D eigenvalue weighted by atomic mass is 16.6. The molecule has 2 unspecified atom stereocenters. The molecule has 32 heavy (non-hydrogen) atoms. The van der Waals surface area contributed by atoms with Crippen LogP contribution in [0.4, 0.5) is 0 Å². The van der Waals surface area contributed by atoms with Crippen molar-refractivity contribution in [3.63, 3.8) is 0 Å². The van der Waals surface area contributed by atoms with Crippen LogP contribution in [0, 0.1) is 11.8 Å². The molecule has 0 aromatic carbocycles. The van der Waals surface area contributed by atoms with Crippen LogP contribution in [0.2, 0.25) is 0 Å². The van der Waals surface area contributed by atoms with E-state index in [0.717, 1.165) is 19.3 Å². The molecule has 4 heterocycles. The Bertz CT molecular complexity index is 840. The van der Waals surface area contributed by atoms with E-state index in [2.05, 4.69) is 6.92 Å². The number of esters is 1. The molecule has 2 amide bonds. The second-order valence-corrected chi connectivity index (χ2v) is 9.50. The molecule has 0 aromatic heterocycles. The van der Waals surface area contributed by atoms with Crippen molar-refractivity contribution in [1.29, 1.82) is 0 Å². The lowest BCUT2D eigenvalue weighted by Crippen LogP contribution is -2.57. The highest BCUT2D eigenvalue weighted by Crippen LogP contribution is 2.57.